The third-order valence-corrected chi connectivity index (χ3v) is 3.29. The van der Waals surface area contributed by atoms with Gasteiger partial charge in [0.15, 0.2) is 0 Å². The Morgan fingerprint density at radius 2 is 2.00 bits per heavy atom. The minimum Gasteiger partial charge on any atom is -0.390 e. The summed E-state index contributed by atoms with van der Waals surface area (Å²) in [5.74, 6) is 0. The molecule has 2 heterocycles. The summed E-state index contributed by atoms with van der Waals surface area (Å²) in [5, 5.41) is 13.1. The molecule has 3 rings (SSSR count). The lowest BCUT2D eigenvalue weighted by Gasteiger charge is -2.05. The van der Waals surface area contributed by atoms with Crippen molar-refractivity contribution in [1.29, 1.82) is 0 Å². The highest BCUT2D eigenvalue weighted by molar-refractivity contribution is 7.00. The van der Waals surface area contributed by atoms with E-state index in [4.69, 9.17) is 5.11 Å². The zero-order valence-electron chi connectivity index (χ0n) is 9.85. The predicted octanol–water partition coefficient (Wildman–Crippen LogP) is 0.789. The van der Waals surface area contributed by atoms with Gasteiger partial charge < -0.3 is 5.11 Å². The summed E-state index contributed by atoms with van der Waals surface area (Å²) < 4.78 is 9.61. The lowest BCUT2D eigenvalue weighted by Crippen LogP contribution is -2.23. The number of nitrogens with zero attached hydrogens (tertiary/aromatic N) is 4. The monoisotopic (exact) mass is 274 g/mol. The summed E-state index contributed by atoms with van der Waals surface area (Å²) in [7, 11) is 0. The first-order chi connectivity index (χ1) is 9.26. The Hall–Kier alpha value is -2.12. The Labute approximate surface area is 112 Å². The zero-order valence-corrected chi connectivity index (χ0v) is 10.7. The van der Waals surface area contributed by atoms with Crippen LogP contribution in [0.25, 0.3) is 11.0 Å². The largest absolute Gasteiger partial charge is 0.390 e. The molecule has 2 aromatic heterocycles. The van der Waals surface area contributed by atoms with Crippen LogP contribution in [0.3, 0.4) is 0 Å². The van der Waals surface area contributed by atoms with Crippen LogP contribution in [0, 0.1) is 0 Å². The van der Waals surface area contributed by atoms with E-state index in [9.17, 15) is 4.79 Å². The van der Waals surface area contributed by atoms with Gasteiger partial charge in [0.1, 0.15) is 11.0 Å². The van der Waals surface area contributed by atoms with Gasteiger partial charge in [-0.1, -0.05) is 6.07 Å². The topological polar surface area (TPSA) is 80.9 Å². The van der Waals surface area contributed by atoms with Crippen molar-refractivity contribution in [3.05, 3.63) is 51.9 Å². The number of aliphatic hydroxyl groups excluding tert-OH is 1. The van der Waals surface area contributed by atoms with Crippen LogP contribution < -0.4 is 5.56 Å². The zero-order chi connectivity index (χ0) is 13.2. The van der Waals surface area contributed by atoms with Crippen LogP contribution in [0.2, 0.25) is 0 Å². The summed E-state index contributed by atoms with van der Waals surface area (Å²) in [6.07, 6.45) is 0. The first kappa shape index (κ1) is 11.9. The van der Waals surface area contributed by atoms with E-state index in [0.29, 0.717) is 12.2 Å². The fraction of sp³-hybridized carbons (Fsp3) is 0.167. The van der Waals surface area contributed by atoms with Gasteiger partial charge in [0.2, 0.25) is 0 Å². The van der Waals surface area contributed by atoms with E-state index in [1.54, 1.807) is 0 Å². The third-order valence-electron chi connectivity index (χ3n) is 2.73. The average Bonchev–Trinajstić information content (AvgIpc) is 2.89. The van der Waals surface area contributed by atoms with Crippen LogP contribution in [0.15, 0.2) is 35.1 Å². The van der Waals surface area contributed by atoms with Crippen LogP contribution in [-0.4, -0.2) is 23.6 Å². The quantitative estimate of drug-likeness (QED) is 0.763. The smallest absolute Gasteiger partial charge is 0.267 e. The first-order valence-electron chi connectivity index (χ1n) is 5.65. The summed E-state index contributed by atoms with van der Waals surface area (Å²) in [4.78, 5) is 11.7. The van der Waals surface area contributed by atoms with Crippen molar-refractivity contribution in [2.45, 2.75) is 13.2 Å². The average molecular weight is 274 g/mol. The minimum absolute atomic E-state index is 0.185. The van der Waals surface area contributed by atoms with Crippen LogP contribution in [-0.2, 0) is 13.2 Å². The molecule has 0 radical (unpaired) electrons. The molecule has 0 fully saturated rings. The van der Waals surface area contributed by atoms with Gasteiger partial charge in [-0.3, -0.25) is 4.79 Å². The number of aliphatic hydroxyl groups is 1. The Kier molecular flexibility index (Phi) is 3.06. The molecule has 0 aliphatic heterocycles. The van der Waals surface area contributed by atoms with Gasteiger partial charge in [0.05, 0.1) is 30.6 Å². The van der Waals surface area contributed by atoms with Gasteiger partial charge in [-0.25, -0.2) is 4.68 Å². The summed E-state index contributed by atoms with van der Waals surface area (Å²) in [5.41, 5.74) is 2.85. The number of fused-ring (bicyclic) bond motifs is 1. The molecule has 0 aliphatic rings. The lowest BCUT2D eigenvalue weighted by molar-refractivity contribution is 0.273. The highest BCUT2D eigenvalue weighted by atomic mass is 32.1. The van der Waals surface area contributed by atoms with E-state index in [-0.39, 0.29) is 12.2 Å². The van der Waals surface area contributed by atoms with E-state index >= 15 is 0 Å². The van der Waals surface area contributed by atoms with E-state index in [2.05, 4.69) is 13.8 Å². The second-order valence-electron chi connectivity index (χ2n) is 4.07. The normalized spacial score (nSPS) is 11.0. The third kappa shape index (κ3) is 2.38. The van der Waals surface area contributed by atoms with Crippen LogP contribution in [0.4, 0.5) is 0 Å². The number of rotatable bonds is 3. The summed E-state index contributed by atoms with van der Waals surface area (Å²) in [6, 6.07) is 8.57. The molecule has 1 N–H and O–H groups in total. The van der Waals surface area contributed by atoms with E-state index in [0.717, 1.165) is 28.3 Å². The predicted molar refractivity (Wildman–Crippen MR) is 70.9 cm³/mol. The van der Waals surface area contributed by atoms with Crippen molar-refractivity contribution in [1.82, 2.24) is 18.5 Å². The molecule has 0 saturated carbocycles. The molecule has 0 amide bonds. The summed E-state index contributed by atoms with van der Waals surface area (Å²) in [6.45, 7) is 0.162. The highest BCUT2D eigenvalue weighted by Gasteiger charge is 2.04. The molecule has 0 spiro atoms. The Morgan fingerprint density at radius 3 is 2.84 bits per heavy atom. The highest BCUT2D eigenvalue weighted by Crippen LogP contribution is 2.13. The van der Waals surface area contributed by atoms with Crippen molar-refractivity contribution < 1.29 is 5.11 Å². The maximum absolute atomic E-state index is 11.7. The first-order valence-corrected chi connectivity index (χ1v) is 6.38. The second-order valence-corrected chi connectivity index (χ2v) is 4.59. The second kappa shape index (κ2) is 4.87. The molecule has 1 aromatic carbocycles. The molecule has 19 heavy (non-hydrogen) atoms. The van der Waals surface area contributed by atoms with Gasteiger partial charge in [-0.2, -0.15) is 13.8 Å². The summed E-state index contributed by atoms with van der Waals surface area (Å²) >= 11 is 1.16. The molecule has 0 atom stereocenters. The van der Waals surface area contributed by atoms with Gasteiger partial charge >= 0.3 is 0 Å². The van der Waals surface area contributed by atoms with Crippen molar-refractivity contribution in [3.8, 4) is 0 Å². The maximum atomic E-state index is 11.7. The molecule has 3 aromatic rings. The Morgan fingerprint density at radius 1 is 1.16 bits per heavy atom. The SMILES string of the molecule is O=c1ccc(CO)nn1Cc1ccc2nsnc2c1. The maximum Gasteiger partial charge on any atom is 0.267 e. The molecule has 0 unspecified atom stereocenters. The number of aromatic nitrogens is 4. The molecular weight excluding hydrogens is 264 g/mol. The number of benzene rings is 1. The van der Waals surface area contributed by atoms with Gasteiger partial charge in [0, 0.05) is 6.07 Å². The number of hydrogen-bond donors (Lipinski definition) is 1. The van der Waals surface area contributed by atoms with Crippen LogP contribution >= 0.6 is 11.7 Å². The van der Waals surface area contributed by atoms with Crippen molar-refractivity contribution >= 4 is 22.8 Å². The molecule has 0 saturated heterocycles. The molecular formula is C12H10N4O2S. The molecule has 6 nitrogen and oxygen atoms in total. The standard InChI is InChI=1S/C12H10N4O2S/c17-7-9-2-4-12(18)16(13-9)6-8-1-3-10-11(5-8)15-19-14-10/h1-5,17H,6-7H2. The van der Waals surface area contributed by atoms with Crippen molar-refractivity contribution in [3.63, 3.8) is 0 Å². The van der Waals surface area contributed by atoms with Crippen LogP contribution in [0.5, 0.6) is 0 Å². The van der Waals surface area contributed by atoms with Gasteiger partial charge in [-0.05, 0) is 23.8 Å². The van der Waals surface area contributed by atoms with E-state index < -0.39 is 0 Å². The van der Waals surface area contributed by atoms with E-state index in [1.165, 1.54) is 16.8 Å². The fourth-order valence-electron chi connectivity index (χ4n) is 1.79. The van der Waals surface area contributed by atoms with Gasteiger partial charge in [0.25, 0.3) is 5.56 Å². The molecule has 0 bridgehead atoms. The number of hydrogen-bond acceptors (Lipinski definition) is 6. The Bertz CT molecular complexity index is 780. The molecule has 7 heteroatoms. The van der Waals surface area contributed by atoms with Crippen LogP contribution in [0.1, 0.15) is 11.3 Å². The van der Waals surface area contributed by atoms with Gasteiger partial charge in [-0.15, -0.1) is 0 Å². The van der Waals surface area contributed by atoms with E-state index in [1.807, 2.05) is 18.2 Å². The Balaban J connectivity index is 1.97. The minimum atomic E-state index is -0.200. The molecule has 0 aliphatic carbocycles. The lowest BCUT2D eigenvalue weighted by atomic mass is 10.2. The van der Waals surface area contributed by atoms with Crippen molar-refractivity contribution in [2.75, 3.05) is 0 Å². The molecule has 96 valence electrons. The fourth-order valence-corrected chi connectivity index (χ4v) is 2.31. The van der Waals surface area contributed by atoms with Crippen molar-refractivity contribution in [2.24, 2.45) is 0 Å².